The minimum Gasteiger partial charge on any atom is -0.280 e. The van der Waals surface area contributed by atoms with Gasteiger partial charge in [-0.05, 0) is 43.9 Å². The average molecular weight is 367 g/mol. The van der Waals surface area contributed by atoms with Gasteiger partial charge in [-0.3, -0.25) is 9.69 Å². The third-order valence-corrected chi connectivity index (χ3v) is 5.35. The van der Waals surface area contributed by atoms with Crippen molar-refractivity contribution in [1.29, 1.82) is 0 Å². The number of carbonyl (C=O) groups excluding carboxylic acids is 1. The van der Waals surface area contributed by atoms with E-state index in [0.717, 1.165) is 30.1 Å². The molecule has 23 heavy (non-hydrogen) atoms. The summed E-state index contributed by atoms with van der Waals surface area (Å²) < 4.78 is 0. The van der Waals surface area contributed by atoms with Gasteiger partial charge < -0.3 is 0 Å². The quantitative estimate of drug-likeness (QED) is 0.699. The number of fused-ring (bicyclic) bond motifs is 1. The minimum absolute atomic E-state index is 0.166. The summed E-state index contributed by atoms with van der Waals surface area (Å²) >= 11 is 13.6. The zero-order valence-corrected chi connectivity index (χ0v) is 14.8. The largest absolute Gasteiger partial charge is 0.280 e. The van der Waals surface area contributed by atoms with E-state index in [-0.39, 0.29) is 5.91 Å². The molecule has 0 bridgehead atoms. The van der Waals surface area contributed by atoms with Crippen LogP contribution in [0.25, 0.3) is 0 Å². The number of hydrogen-bond donors (Lipinski definition) is 0. The maximum Gasteiger partial charge on any atom is 0.260 e. The van der Waals surface area contributed by atoms with E-state index in [1.165, 1.54) is 11.3 Å². The van der Waals surface area contributed by atoms with Crippen molar-refractivity contribution in [3.8, 4) is 0 Å². The number of hydrogen-bond acceptors (Lipinski definition) is 3. The van der Waals surface area contributed by atoms with E-state index in [1.54, 1.807) is 40.5 Å². The van der Waals surface area contributed by atoms with Crippen LogP contribution in [0.2, 0.25) is 10.0 Å². The number of amides is 1. The molecule has 1 amide bonds. The first-order valence-electron chi connectivity index (χ1n) is 7.46. The molecule has 1 heterocycles. The fourth-order valence-electron chi connectivity index (χ4n) is 2.66. The molecule has 0 saturated heterocycles. The van der Waals surface area contributed by atoms with Gasteiger partial charge in [0.25, 0.3) is 5.91 Å². The second kappa shape index (κ2) is 7.04. The van der Waals surface area contributed by atoms with Crippen LogP contribution >= 0.6 is 34.5 Å². The summed E-state index contributed by atoms with van der Waals surface area (Å²) in [6.07, 6.45) is 6.09. The van der Waals surface area contributed by atoms with E-state index < -0.39 is 0 Å². The summed E-state index contributed by atoms with van der Waals surface area (Å²) in [6, 6.07) is 4.86. The Hall–Kier alpha value is -1.36. The first-order valence-corrected chi connectivity index (χ1v) is 9.03. The maximum absolute atomic E-state index is 12.9. The van der Waals surface area contributed by atoms with Gasteiger partial charge in [-0.1, -0.05) is 29.3 Å². The molecule has 0 atom stereocenters. The minimum atomic E-state index is -0.166. The van der Waals surface area contributed by atoms with Crippen LogP contribution in [0.5, 0.6) is 0 Å². The molecule has 3 nitrogen and oxygen atoms in total. The van der Waals surface area contributed by atoms with E-state index in [0.29, 0.717) is 22.2 Å². The van der Waals surface area contributed by atoms with Gasteiger partial charge in [-0.25, -0.2) is 4.98 Å². The lowest BCUT2D eigenvalue weighted by Crippen LogP contribution is -2.31. The molecule has 0 aliphatic heterocycles. The van der Waals surface area contributed by atoms with Crippen LogP contribution < -0.4 is 4.90 Å². The fraction of sp³-hybridized carbons (Fsp3) is 0.294. The SMILES string of the molecule is C=CCN(C(=O)c1cc(Cl)cc(Cl)c1)c1nc2c(s1)CCCC2. The van der Waals surface area contributed by atoms with Crippen molar-refractivity contribution in [3.63, 3.8) is 0 Å². The number of thiazole rings is 1. The molecule has 0 saturated carbocycles. The Morgan fingerprint density at radius 2 is 1.96 bits per heavy atom. The molecule has 2 aromatic rings. The Kier molecular flexibility index (Phi) is 5.05. The van der Waals surface area contributed by atoms with E-state index >= 15 is 0 Å². The summed E-state index contributed by atoms with van der Waals surface area (Å²) in [5.74, 6) is -0.166. The molecule has 1 aliphatic rings. The van der Waals surface area contributed by atoms with E-state index in [1.807, 2.05) is 0 Å². The molecule has 0 radical (unpaired) electrons. The highest BCUT2D eigenvalue weighted by molar-refractivity contribution is 7.16. The highest BCUT2D eigenvalue weighted by Crippen LogP contribution is 2.33. The van der Waals surface area contributed by atoms with Gasteiger partial charge in [-0.2, -0.15) is 0 Å². The molecule has 1 aromatic carbocycles. The van der Waals surface area contributed by atoms with Crippen molar-refractivity contribution in [3.05, 3.63) is 57.0 Å². The second-order valence-electron chi connectivity index (χ2n) is 5.44. The number of anilines is 1. The number of benzene rings is 1. The average Bonchev–Trinajstić information content (AvgIpc) is 2.94. The third kappa shape index (κ3) is 3.60. The molecule has 120 valence electrons. The van der Waals surface area contributed by atoms with Gasteiger partial charge in [0.05, 0.1) is 5.69 Å². The summed E-state index contributed by atoms with van der Waals surface area (Å²) in [6.45, 7) is 4.15. The van der Waals surface area contributed by atoms with Crippen molar-refractivity contribution < 1.29 is 4.79 Å². The van der Waals surface area contributed by atoms with Crippen LogP contribution in [-0.2, 0) is 12.8 Å². The Labute approximate surface area is 149 Å². The molecule has 0 spiro atoms. The van der Waals surface area contributed by atoms with Crippen molar-refractivity contribution in [2.24, 2.45) is 0 Å². The smallest absolute Gasteiger partial charge is 0.260 e. The lowest BCUT2D eigenvalue weighted by molar-refractivity contribution is 0.0989. The lowest BCUT2D eigenvalue weighted by Gasteiger charge is -2.18. The Bertz CT molecular complexity index is 713. The predicted molar refractivity (Wildman–Crippen MR) is 97.1 cm³/mol. The van der Waals surface area contributed by atoms with Gasteiger partial charge in [0.1, 0.15) is 0 Å². The Morgan fingerprint density at radius 3 is 2.61 bits per heavy atom. The topological polar surface area (TPSA) is 33.2 Å². The molecule has 1 aromatic heterocycles. The maximum atomic E-state index is 12.9. The number of nitrogens with zero attached hydrogens (tertiary/aromatic N) is 2. The molecule has 6 heteroatoms. The number of aromatic nitrogens is 1. The normalized spacial score (nSPS) is 13.5. The van der Waals surface area contributed by atoms with E-state index in [2.05, 4.69) is 11.6 Å². The summed E-state index contributed by atoms with van der Waals surface area (Å²) in [5.41, 5.74) is 1.58. The van der Waals surface area contributed by atoms with Crippen LogP contribution in [0.1, 0.15) is 33.8 Å². The fourth-order valence-corrected chi connectivity index (χ4v) is 4.35. The number of aryl methyl sites for hydroxylation is 2. The molecular weight excluding hydrogens is 351 g/mol. The third-order valence-electron chi connectivity index (χ3n) is 3.73. The van der Waals surface area contributed by atoms with Crippen LogP contribution in [0.15, 0.2) is 30.9 Å². The Morgan fingerprint density at radius 1 is 1.26 bits per heavy atom. The lowest BCUT2D eigenvalue weighted by atomic mass is 10.0. The molecule has 3 rings (SSSR count). The van der Waals surface area contributed by atoms with E-state index in [4.69, 9.17) is 23.2 Å². The van der Waals surface area contributed by atoms with Crippen LogP contribution in [0.3, 0.4) is 0 Å². The number of halogens is 2. The second-order valence-corrected chi connectivity index (χ2v) is 7.37. The number of carbonyl (C=O) groups is 1. The molecule has 0 unspecified atom stereocenters. The zero-order valence-electron chi connectivity index (χ0n) is 12.5. The van der Waals surface area contributed by atoms with Gasteiger partial charge in [0.2, 0.25) is 0 Å². The molecule has 0 N–H and O–H groups in total. The van der Waals surface area contributed by atoms with Crippen molar-refractivity contribution >= 4 is 45.6 Å². The first-order chi connectivity index (χ1) is 11.1. The van der Waals surface area contributed by atoms with Gasteiger partial charge in [0.15, 0.2) is 5.13 Å². The summed E-state index contributed by atoms with van der Waals surface area (Å²) in [7, 11) is 0. The zero-order chi connectivity index (χ0) is 16.4. The number of rotatable bonds is 4. The van der Waals surface area contributed by atoms with Crippen LogP contribution in [0, 0.1) is 0 Å². The van der Waals surface area contributed by atoms with Gasteiger partial charge in [0, 0.05) is 27.0 Å². The van der Waals surface area contributed by atoms with Crippen LogP contribution in [0.4, 0.5) is 5.13 Å². The standard InChI is InChI=1S/C17H16Cl2N2OS/c1-2-7-21(16(22)11-8-12(18)10-13(19)9-11)17-20-14-5-3-4-6-15(14)23-17/h2,8-10H,1,3-7H2. The molecule has 0 fully saturated rings. The predicted octanol–water partition coefficient (Wildman–Crippen LogP) is 5.16. The summed E-state index contributed by atoms with van der Waals surface area (Å²) in [5, 5.41) is 1.61. The molecule has 1 aliphatic carbocycles. The first kappa shape index (κ1) is 16.5. The highest BCUT2D eigenvalue weighted by Gasteiger charge is 2.23. The Balaban J connectivity index is 1.95. The van der Waals surface area contributed by atoms with E-state index in [9.17, 15) is 4.79 Å². The van der Waals surface area contributed by atoms with Crippen molar-refractivity contribution in [2.45, 2.75) is 25.7 Å². The van der Waals surface area contributed by atoms with Gasteiger partial charge in [-0.15, -0.1) is 17.9 Å². The molecular formula is C17H16Cl2N2OS. The van der Waals surface area contributed by atoms with Crippen molar-refractivity contribution in [1.82, 2.24) is 4.98 Å². The van der Waals surface area contributed by atoms with Crippen LogP contribution in [-0.4, -0.2) is 17.4 Å². The van der Waals surface area contributed by atoms with Gasteiger partial charge >= 0.3 is 0 Å². The monoisotopic (exact) mass is 366 g/mol. The summed E-state index contributed by atoms with van der Waals surface area (Å²) in [4.78, 5) is 20.5. The van der Waals surface area contributed by atoms with Crippen molar-refractivity contribution in [2.75, 3.05) is 11.4 Å². The highest BCUT2D eigenvalue weighted by atomic mass is 35.5.